The highest BCUT2D eigenvalue weighted by atomic mass is 16.4. The van der Waals surface area contributed by atoms with Crippen molar-refractivity contribution in [2.75, 3.05) is 5.32 Å². The molecule has 1 heterocycles. The smallest absolute Gasteiger partial charge is 0.326 e. The first-order valence-corrected chi connectivity index (χ1v) is 7.16. The Bertz CT molecular complexity index is 573. The third-order valence-electron chi connectivity index (χ3n) is 3.29. The number of anilines is 1. The molecule has 0 aliphatic rings. The first kappa shape index (κ1) is 15.1. The highest BCUT2D eigenvalue weighted by Gasteiger charge is 2.19. The van der Waals surface area contributed by atoms with Gasteiger partial charge >= 0.3 is 5.97 Å². The van der Waals surface area contributed by atoms with Crippen molar-refractivity contribution in [3.8, 4) is 0 Å². The largest absolute Gasteiger partial charge is 0.480 e. The van der Waals surface area contributed by atoms with E-state index in [-0.39, 0.29) is 6.01 Å². The molecule has 2 rings (SSSR count). The minimum absolute atomic E-state index is 0.259. The van der Waals surface area contributed by atoms with E-state index in [0.717, 1.165) is 31.2 Å². The number of carbonyl (C=O) groups is 1. The van der Waals surface area contributed by atoms with E-state index < -0.39 is 12.0 Å². The van der Waals surface area contributed by atoms with Gasteiger partial charge in [0.05, 0.1) is 0 Å². The summed E-state index contributed by atoms with van der Waals surface area (Å²) in [5.41, 5.74) is 1.37. The number of unbranched alkanes of at least 4 members (excludes halogenated alkanes) is 3. The molecule has 0 aliphatic heterocycles. The summed E-state index contributed by atoms with van der Waals surface area (Å²) in [4.78, 5) is 15.5. The summed E-state index contributed by atoms with van der Waals surface area (Å²) in [6.45, 7) is 3.67. The van der Waals surface area contributed by atoms with Crippen LogP contribution in [-0.2, 0) is 4.79 Å². The molecule has 1 aromatic heterocycles. The van der Waals surface area contributed by atoms with Crippen molar-refractivity contribution in [1.82, 2.24) is 4.98 Å². The second-order valence-corrected chi connectivity index (χ2v) is 4.95. The highest BCUT2D eigenvalue weighted by molar-refractivity contribution is 5.78. The number of nitrogens with one attached hydrogen (secondary N) is 1. The molecule has 2 aromatic rings. The van der Waals surface area contributed by atoms with Crippen LogP contribution in [0.5, 0.6) is 0 Å². The molecule has 0 saturated heterocycles. The number of para-hydroxylation sites is 2. The zero-order valence-corrected chi connectivity index (χ0v) is 11.9. The third kappa shape index (κ3) is 4.34. The van der Waals surface area contributed by atoms with Crippen molar-refractivity contribution in [3.63, 3.8) is 0 Å². The van der Waals surface area contributed by atoms with E-state index in [1.165, 1.54) is 0 Å². The Labute approximate surface area is 123 Å². The lowest BCUT2D eigenvalue weighted by Gasteiger charge is -2.12. The highest BCUT2D eigenvalue weighted by Crippen LogP contribution is 2.19. The summed E-state index contributed by atoms with van der Waals surface area (Å²) < 4.78 is 5.49. The van der Waals surface area contributed by atoms with Gasteiger partial charge in [-0.3, -0.25) is 0 Å². The molecule has 0 aliphatic carbocycles. The van der Waals surface area contributed by atoms with Gasteiger partial charge in [-0.25, -0.2) is 4.79 Å². The quantitative estimate of drug-likeness (QED) is 0.542. The molecule has 0 fully saturated rings. The van der Waals surface area contributed by atoms with Crippen LogP contribution in [0.25, 0.3) is 11.1 Å². The number of fused-ring (bicyclic) bond motifs is 1. The topological polar surface area (TPSA) is 75.4 Å². The molecular weight excluding hydrogens is 268 g/mol. The summed E-state index contributed by atoms with van der Waals surface area (Å²) in [5.74, 6) is -0.888. The Morgan fingerprint density at radius 1 is 1.38 bits per heavy atom. The molecular formula is C16H20N2O3. The van der Waals surface area contributed by atoms with Crippen molar-refractivity contribution < 1.29 is 14.3 Å². The minimum atomic E-state index is -0.888. The maximum Gasteiger partial charge on any atom is 0.326 e. The number of hydrogen-bond donors (Lipinski definition) is 2. The van der Waals surface area contributed by atoms with E-state index in [0.29, 0.717) is 12.0 Å². The van der Waals surface area contributed by atoms with Gasteiger partial charge in [-0.1, -0.05) is 31.1 Å². The molecule has 0 saturated carbocycles. The Morgan fingerprint density at radius 2 is 2.19 bits per heavy atom. The van der Waals surface area contributed by atoms with Crippen molar-refractivity contribution in [2.45, 2.75) is 38.1 Å². The van der Waals surface area contributed by atoms with E-state index in [2.05, 4.69) is 16.9 Å². The number of allylic oxidation sites excluding steroid dienone is 1. The average molecular weight is 288 g/mol. The molecule has 0 spiro atoms. The Morgan fingerprint density at radius 3 is 2.90 bits per heavy atom. The van der Waals surface area contributed by atoms with E-state index in [4.69, 9.17) is 4.42 Å². The van der Waals surface area contributed by atoms with E-state index in [9.17, 15) is 9.90 Å². The summed E-state index contributed by atoms with van der Waals surface area (Å²) in [7, 11) is 0. The Kier molecular flexibility index (Phi) is 5.37. The van der Waals surface area contributed by atoms with E-state index in [1.807, 2.05) is 24.3 Å². The summed E-state index contributed by atoms with van der Waals surface area (Å²) in [6, 6.07) is 6.93. The number of hydrogen-bond acceptors (Lipinski definition) is 4. The molecule has 5 nitrogen and oxygen atoms in total. The van der Waals surface area contributed by atoms with Crippen LogP contribution in [-0.4, -0.2) is 22.1 Å². The van der Waals surface area contributed by atoms with Gasteiger partial charge in [0.1, 0.15) is 11.6 Å². The van der Waals surface area contributed by atoms with Gasteiger partial charge in [-0.05, 0) is 31.4 Å². The molecule has 1 aromatic carbocycles. The molecule has 0 bridgehead atoms. The number of benzene rings is 1. The monoisotopic (exact) mass is 288 g/mol. The Hall–Kier alpha value is -2.30. The van der Waals surface area contributed by atoms with Crippen LogP contribution in [0.4, 0.5) is 6.01 Å². The van der Waals surface area contributed by atoms with Crippen LogP contribution in [0.15, 0.2) is 41.3 Å². The summed E-state index contributed by atoms with van der Waals surface area (Å²) in [6.07, 6.45) is 6.27. The second kappa shape index (κ2) is 7.47. The van der Waals surface area contributed by atoms with Gasteiger partial charge in [0.15, 0.2) is 5.58 Å². The maximum atomic E-state index is 11.3. The normalized spacial score (nSPS) is 12.2. The number of carboxylic acids is 1. The van der Waals surface area contributed by atoms with E-state index in [1.54, 1.807) is 6.07 Å². The first-order chi connectivity index (χ1) is 10.2. The predicted molar refractivity (Wildman–Crippen MR) is 82.3 cm³/mol. The fourth-order valence-corrected chi connectivity index (χ4v) is 2.15. The summed E-state index contributed by atoms with van der Waals surface area (Å²) in [5, 5.41) is 12.1. The fraction of sp³-hybridized carbons (Fsp3) is 0.375. The van der Waals surface area contributed by atoms with Crippen molar-refractivity contribution in [2.24, 2.45) is 0 Å². The zero-order valence-electron chi connectivity index (χ0n) is 11.9. The maximum absolute atomic E-state index is 11.3. The molecule has 0 radical (unpaired) electrons. The van der Waals surface area contributed by atoms with Crippen molar-refractivity contribution in [3.05, 3.63) is 36.9 Å². The lowest BCUT2D eigenvalue weighted by molar-refractivity contribution is -0.138. The lowest BCUT2D eigenvalue weighted by Crippen LogP contribution is -2.29. The molecule has 2 N–H and O–H groups in total. The van der Waals surface area contributed by atoms with Crippen LogP contribution < -0.4 is 5.32 Å². The summed E-state index contributed by atoms with van der Waals surface area (Å²) >= 11 is 0. The van der Waals surface area contributed by atoms with Gasteiger partial charge in [0.25, 0.3) is 6.01 Å². The number of nitrogens with zero attached hydrogens (tertiary/aromatic N) is 1. The minimum Gasteiger partial charge on any atom is -0.480 e. The van der Waals surface area contributed by atoms with Crippen molar-refractivity contribution >= 4 is 23.1 Å². The van der Waals surface area contributed by atoms with Crippen LogP contribution in [0.3, 0.4) is 0 Å². The third-order valence-corrected chi connectivity index (χ3v) is 3.29. The van der Waals surface area contributed by atoms with Gasteiger partial charge in [-0.2, -0.15) is 4.98 Å². The van der Waals surface area contributed by atoms with Crippen LogP contribution in [0.2, 0.25) is 0 Å². The zero-order chi connectivity index (χ0) is 15.1. The van der Waals surface area contributed by atoms with Crippen LogP contribution in [0.1, 0.15) is 32.1 Å². The van der Waals surface area contributed by atoms with Crippen molar-refractivity contribution in [1.29, 1.82) is 0 Å². The standard InChI is InChI=1S/C16H20N2O3/c1-2-3-4-5-6-10-13(15(19)20)18-16-17-12-9-7-8-11-14(12)21-16/h2,7-9,11,13H,1,3-6,10H2,(H,17,18)(H,19,20). The SMILES string of the molecule is C=CCCCCCC(Nc1nc2ccccc2o1)C(=O)O. The van der Waals surface area contributed by atoms with E-state index >= 15 is 0 Å². The predicted octanol–water partition coefficient (Wildman–Crippen LogP) is 3.83. The number of carboxylic acid groups (broad SMARTS) is 1. The number of oxazole rings is 1. The van der Waals surface area contributed by atoms with Gasteiger partial charge in [0, 0.05) is 0 Å². The first-order valence-electron chi connectivity index (χ1n) is 7.16. The van der Waals surface area contributed by atoms with Gasteiger partial charge in [-0.15, -0.1) is 6.58 Å². The second-order valence-electron chi connectivity index (χ2n) is 4.95. The number of rotatable bonds is 9. The lowest BCUT2D eigenvalue weighted by atomic mass is 10.1. The number of aromatic nitrogens is 1. The van der Waals surface area contributed by atoms with Gasteiger partial charge < -0.3 is 14.8 Å². The molecule has 1 unspecified atom stereocenters. The number of aliphatic carboxylic acids is 1. The Balaban J connectivity index is 1.92. The fourth-order valence-electron chi connectivity index (χ4n) is 2.15. The van der Waals surface area contributed by atoms with Crippen LogP contribution >= 0.6 is 0 Å². The molecule has 0 amide bonds. The molecule has 1 atom stereocenters. The van der Waals surface area contributed by atoms with Crippen LogP contribution in [0, 0.1) is 0 Å². The molecule has 5 heteroatoms. The molecule has 21 heavy (non-hydrogen) atoms. The van der Waals surface area contributed by atoms with Gasteiger partial charge in [0.2, 0.25) is 0 Å². The average Bonchev–Trinajstić information content (AvgIpc) is 2.88. The molecule has 112 valence electrons.